The van der Waals surface area contributed by atoms with Crippen LogP contribution in [0.15, 0.2) is 51.1 Å². The molecule has 0 saturated carbocycles. The van der Waals surface area contributed by atoms with Gasteiger partial charge < -0.3 is 9.64 Å². The number of rotatable bonds is 2. The van der Waals surface area contributed by atoms with Crippen LogP contribution < -0.4 is 0 Å². The van der Waals surface area contributed by atoms with E-state index in [-0.39, 0.29) is 12.0 Å². The maximum Gasteiger partial charge on any atom is 0.338 e. The van der Waals surface area contributed by atoms with E-state index in [9.17, 15) is 4.79 Å². The third-order valence-electron chi connectivity index (χ3n) is 4.30. The lowest BCUT2D eigenvalue weighted by Gasteiger charge is -2.35. The number of aryl methyl sites for hydroxylation is 1. The number of amidine groups is 1. The molecule has 1 atom stereocenters. The van der Waals surface area contributed by atoms with E-state index in [0.717, 1.165) is 22.1 Å². The molecule has 23 heavy (non-hydrogen) atoms. The van der Waals surface area contributed by atoms with Gasteiger partial charge in [-0.2, -0.15) is 0 Å². The van der Waals surface area contributed by atoms with Gasteiger partial charge in [-0.3, -0.25) is 0 Å². The predicted octanol–water partition coefficient (Wildman–Crippen LogP) is 4.15. The summed E-state index contributed by atoms with van der Waals surface area (Å²) in [7, 11) is 1.42. The van der Waals surface area contributed by atoms with Crippen molar-refractivity contribution in [3.8, 4) is 0 Å². The summed E-state index contributed by atoms with van der Waals surface area (Å²) in [6.45, 7) is 8.09. The van der Waals surface area contributed by atoms with Crippen molar-refractivity contribution in [1.29, 1.82) is 0 Å². The maximum absolute atomic E-state index is 12.4. The summed E-state index contributed by atoms with van der Waals surface area (Å²) in [5.74, 6) is -0.321. The molecule has 0 saturated heterocycles. The lowest BCUT2D eigenvalue weighted by Crippen LogP contribution is -2.35. The number of thioether (sulfide) groups is 1. The lowest BCUT2D eigenvalue weighted by molar-refractivity contribution is -0.136. The molecule has 4 nitrogen and oxygen atoms in total. The van der Waals surface area contributed by atoms with Crippen LogP contribution >= 0.6 is 11.8 Å². The molecule has 0 aliphatic carbocycles. The first-order valence-electron chi connectivity index (χ1n) is 7.53. The van der Waals surface area contributed by atoms with E-state index in [1.54, 1.807) is 11.8 Å². The summed E-state index contributed by atoms with van der Waals surface area (Å²) in [6, 6.07) is 8.09. The fraction of sp³-hybridized carbons (Fsp3) is 0.333. The second-order valence-corrected chi connectivity index (χ2v) is 6.99. The zero-order chi connectivity index (χ0) is 16.7. The van der Waals surface area contributed by atoms with Crippen LogP contribution in [0, 0.1) is 6.92 Å². The molecular formula is C18H20N2O2S. The maximum atomic E-state index is 12.4. The van der Waals surface area contributed by atoms with Crippen molar-refractivity contribution < 1.29 is 9.53 Å². The van der Waals surface area contributed by atoms with Gasteiger partial charge in [0, 0.05) is 10.6 Å². The predicted molar refractivity (Wildman–Crippen MR) is 93.9 cm³/mol. The monoisotopic (exact) mass is 328 g/mol. The fourth-order valence-electron chi connectivity index (χ4n) is 2.92. The second kappa shape index (κ2) is 5.89. The first-order chi connectivity index (χ1) is 10.9. The van der Waals surface area contributed by atoms with Gasteiger partial charge >= 0.3 is 5.97 Å². The third kappa shape index (κ3) is 2.59. The Morgan fingerprint density at radius 2 is 1.83 bits per heavy atom. The van der Waals surface area contributed by atoms with Crippen LogP contribution in [-0.2, 0) is 9.53 Å². The van der Waals surface area contributed by atoms with Crippen LogP contribution in [0.2, 0.25) is 0 Å². The summed E-state index contributed by atoms with van der Waals surface area (Å²) >= 11 is 1.65. The molecular weight excluding hydrogens is 308 g/mol. The van der Waals surface area contributed by atoms with Crippen LogP contribution in [0.25, 0.3) is 0 Å². The zero-order valence-electron chi connectivity index (χ0n) is 14.0. The highest BCUT2D eigenvalue weighted by Gasteiger charge is 2.40. The standard InChI is InChI=1S/C18H20N2O2S/c1-10-6-8-14(9-7-10)16-15(17(21)22-5)11(2)19-18-20(16)12(3)13(4)23-18/h6-9,16H,1-5H3/t16-/m0/s1. The van der Waals surface area contributed by atoms with Gasteiger partial charge in [-0.1, -0.05) is 41.6 Å². The molecule has 0 unspecified atom stereocenters. The first-order valence-corrected chi connectivity index (χ1v) is 8.34. The number of allylic oxidation sites excluding steroid dienone is 3. The largest absolute Gasteiger partial charge is 0.466 e. The van der Waals surface area contributed by atoms with Gasteiger partial charge in [-0.25, -0.2) is 9.79 Å². The molecule has 2 aliphatic heterocycles. The smallest absolute Gasteiger partial charge is 0.338 e. The zero-order valence-corrected chi connectivity index (χ0v) is 14.8. The number of nitrogens with zero attached hydrogens (tertiary/aromatic N) is 2. The number of ether oxygens (including phenoxy) is 1. The van der Waals surface area contributed by atoms with Crippen molar-refractivity contribution in [3.63, 3.8) is 0 Å². The van der Waals surface area contributed by atoms with E-state index in [1.165, 1.54) is 17.6 Å². The Hall–Kier alpha value is -2.01. The van der Waals surface area contributed by atoms with Gasteiger partial charge in [0.15, 0.2) is 5.17 Å². The molecule has 1 aromatic rings. The molecule has 3 rings (SSSR count). The van der Waals surface area contributed by atoms with E-state index in [4.69, 9.17) is 4.74 Å². The Balaban J connectivity index is 2.19. The molecule has 0 aromatic heterocycles. The molecule has 0 spiro atoms. The van der Waals surface area contributed by atoms with Gasteiger partial charge in [-0.15, -0.1) is 0 Å². The van der Waals surface area contributed by atoms with Crippen molar-refractivity contribution in [2.45, 2.75) is 33.7 Å². The molecule has 2 heterocycles. The van der Waals surface area contributed by atoms with Crippen molar-refractivity contribution in [2.24, 2.45) is 4.99 Å². The normalized spacial score (nSPS) is 20.7. The van der Waals surface area contributed by atoms with E-state index in [1.807, 2.05) is 6.92 Å². The summed E-state index contributed by atoms with van der Waals surface area (Å²) in [5, 5.41) is 0.927. The summed E-state index contributed by atoms with van der Waals surface area (Å²) in [6.07, 6.45) is 0. The average Bonchev–Trinajstić information content (AvgIpc) is 2.80. The lowest BCUT2D eigenvalue weighted by atomic mass is 9.93. The van der Waals surface area contributed by atoms with Gasteiger partial charge in [0.2, 0.25) is 0 Å². The Kier molecular flexibility index (Phi) is 4.06. The topological polar surface area (TPSA) is 41.9 Å². The highest BCUT2D eigenvalue weighted by atomic mass is 32.2. The number of esters is 1. The van der Waals surface area contributed by atoms with Crippen LogP contribution in [0.4, 0.5) is 0 Å². The number of methoxy groups -OCH3 is 1. The Morgan fingerprint density at radius 1 is 1.17 bits per heavy atom. The Morgan fingerprint density at radius 3 is 2.43 bits per heavy atom. The number of hydrogen-bond acceptors (Lipinski definition) is 5. The van der Waals surface area contributed by atoms with Gasteiger partial charge in [-0.05, 0) is 33.3 Å². The molecule has 0 N–H and O–H groups in total. The summed E-state index contributed by atoms with van der Waals surface area (Å²) < 4.78 is 5.03. The summed E-state index contributed by atoms with van der Waals surface area (Å²) in [5.41, 5.74) is 4.72. The molecule has 2 aliphatic rings. The van der Waals surface area contributed by atoms with Gasteiger partial charge in [0.05, 0.1) is 24.4 Å². The molecule has 120 valence electrons. The minimum Gasteiger partial charge on any atom is -0.466 e. The van der Waals surface area contributed by atoms with Gasteiger partial charge in [0.1, 0.15) is 0 Å². The SMILES string of the molecule is COC(=O)C1=C(C)N=C2SC(C)=C(C)N2[C@H]1c1ccc(C)cc1. The van der Waals surface area contributed by atoms with E-state index in [2.05, 4.69) is 54.9 Å². The summed E-state index contributed by atoms with van der Waals surface area (Å²) in [4.78, 5) is 20.4. The van der Waals surface area contributed by atoms with Crippen LogP contribution in [0.5, 0.6) is 0 Å². The van der Waals surface area contributed by atoms with E-state index >= 15 is 0 Å². The highest BCUT2D eigenvalue weighted by molar-refractivity contribution is 8.17. The molecule has 0 amide bonds. The molecule has 0 radical (unpaired) electrons. The van der Waals surface area contributed by atoms with Crippen molar-refractivity contribution in [3.05, 3.63) is 57.3 Å². The first kappa shape index (κ1) is 15.9. The molecule has 0 bridgehead atoms. The highest BCUT2D eigenvalue weighted by Crippen LogP contribution is 2.46. The van der Waals surface area contributed by atoms with E-state index < -0.39 is 0 Å². The molecule has 0 fully saturated rings. The van der Waals surface area contributed by atoms with Crippen LogP contribution in [0.3, 0.4) is 0 Å². The number of hydrogen-bond donors (Lipinski definition) is 0. The minimum atomic E-state index is -0.321. The number of fused-ring (bicyclic) bond motifs is 1. The third-order valence-corrected chi connectivity index (χ3v) is 5.38. The minimum absolute atomic E-state index is 0.194. The van der Waals surface area contributed by atoms with E-state index in [0.29, 0.717) is 5.57 Å². The van der Waals surface area contributed by atoms with Crippen LogP contribution in [0.1, 0.15) is 37.9 Å². The Labute approximate surface area is 140 Å². The molecule has 1 aromatic carbocycles. The number of aliphatic imine (C=N–C) groups is 1. The quantitative estimate of drug-likeness (QED) is 0.765. The Bertz CT molecular complexity index is 760. The van der Waals surface area contributed by atoms with Crippen molar-refractivity contribution in [1.82, 2.24) is 4.90 Å². The number of carbonyl (C=O) groups excluding carboxylic acids is 1. The van der Waals surface area contributed by atoms with Crippen molar-refractivity contribution in [2.75, 3.05) is 7.11 Å². The van der Waals surface area contributed by atoms with Crippen LogP contribution in [-0.4, -0.2) is 23.1 Å². The average molecular weight is 328 g/mol. The number of carbonyl (C=O) groups is 1. The van der Waals surface area contributed by atoms with Crippen molar-refractivity contribution >= 4 is 22.9 Å². The second-order valence-electron chi connectivity index (χ2n) is 5.81. The van der Waals surface area contributed by atoms with Gasteiger partial charge in [0.25, 0.3) is 0 Å². The fourth-order valence-corrected chi connectivity index (χ4v) is 3.96. The number of benzene rings is 1. The molecule has 5 heteroatoms.